The van der Waals surface area contributed by atoms with Crippen molar-refractivity contribution < 1.29 is 14.4 Å². The fourth-order valence-electron chi connectivity index (χ4n) is 4.56. The Kier molecular flexibility index (Phi) is 7.19. The van der Waals surface area contributed by atoms with Gasteiger partial charge in [-0.15, -0.1) is 11.3 Å². The largest absolute Gasteiger partial charge is 0.350 e. The predicted octanol–water partition coefficient (Wildman–Crippen LogP) is 3.56. The van der Waals surface area contributed by atoms with Gasteiger partial charge in [-0.3, -0.25) is 14.4 Å². The summed E-state index contributed by atoms with van der Waals surface area (Å²) in [5, 5.41) is 15.2. The zero-order chi connectivity index (χ0) is 26.1. The second-order valence-corrected chi connectivity index (χ2v) is 11.7. The van der Waals surface area contributed by atoms with Crippen LogP contribution in [0.5, 0.6) is 0 Å². The first-order valence-corrected chi connectivity index (χ1v) is 13.2. The van der Waals surface area contributed by atoms with E-state index in [1.807, 2.05) is 57.5 Å². The van der Waals surface area contributed by atoms with Gasteiger partial charge in [0.15, 0.2) is 0 Å². The first kappa shape index (κ1) is 25.8. The molecule has 2 aromatic rings. The minimum atomic E-state index is -1.01. The summed E-state index contributed by atoms with van der Waals surface area (Å²) in [4.78, 5) is 46.4. The Morgan fingerprint density at radius 2 is 1.94 bits per heavy atom. The van der Waals surface area contributed by atoms with Gasteiger partial charge in [0.25, 0.3) is 0 Å². The smallest absolute Gasteiger partial charge is 0.246 e. The van der Waals surface area contributed by atoms with Crippen molar-refractivity contribution in [2.24, 2.45) is 10.8 Å². The second-order valence-electron chi connectivity index (χ2n) is 10.8. The van der Waals surface area contributed by atoms with Crippen LogP contribution in [0.15, 0.2) is 29.8 Å². The van der Waals surface area contributed by atoms with Crippen molar-refractivity contribution in [3.63, 3.8) is 0 Å². The number of amides is 3. The number of nitrogens with zero attached hydrogens (tertiary/aromatic N) is 3. The average Bonchev–Trinajstić information content (AvgIpc) is 3.28. The number of hydrogen-bond donors (Lipinski definition) is 2. The lowest BCUT2D eigenvalue weighted by Gasteiger charge is -2.35. The summed E-state index contributed by atoms with van der Waals surface area (Å²) in [5.41, 5.74) is 3.31. The standard InChI is InChI=1S/C27H33N5O3S/c1-17-21(36-16-30-17)19-9-7-18(8-10-19)14-29-23(33)20-6-5-13-32(20)24(34)22(26(2,3)4)31-25(35)27(15-28)11-12-27/h7-10,16,20,22H,5-6,11-14H2,1-4H3,(H,29,33)(H,31,35)/t20-,22+/m0/s1. The van der Waals surface area contributed by atoms with Crippen LogP contribution in [-0.4, -0.2) is 46.2 Å². The molecule has 1 saturated carbocycles. The molecule has 1 aromatic heterocycles. The summed E-state index contributed by atoms with van der Waals surface area (Å²) in [5.74, 6) is -0.861. The zero-order valence-corrected chi connectivity index (χ0v) is 22.1. The van der Waals surface area contributed by atoms with Crippen molar-refractivity contribution in [3.8, 4) is 16.5 Å². The van der Waals surface area contributed by atoms with E-state index in [9.17, 15) is 19.6 Å². The number of carbonyl (C=O) groups is 3. The fraction of sp³-hybridized carbons (Fsp3) is 0.519. The van der Waals surface area contributed by atoms with Crippen LogP contribution < -0.4 is 10.6 Å². The van der Waals surface area contributed by atoms with Crippen LogP contribution in [0.25, 0.3) is 10.4 Å². The second kappa shape index (κ2) is 10.0. The summed E-state index contributed by atoms with van der Waals surface area (Å²) in [6, 6.07) is 8.72. The van der Waals surface area contributed by atoms with Crippen LogP contribution in [0, 0.1) is 29.1 Å². The quantitative estimate of drug-likeness (QED) is 0.595. The maximum Gasteiger partial charge on any atom is 0.246 e. The van der Waals surface area contributed by atoms with Gasteiger partial charge in [0, 0.05) is 13.1 Å². The van der Waals surface area contributed by atoms with Crippen molar-refractivity contribution in [1.82, 2.24) is 20.5 Å². The molecular weight excluding hydrogens is 474 g/mol. The predicted molar refractivity (Wildman–Crippen MR) is 138 cm³/mol. The Labute approximate surface area is 216 Å². The molecule has 0 spiro atoms. The highest BCUT2D eigenvalue weighted by Crippen LogP contribution is 2.45. The van der Waals surface area contributed by atoms with E-state index in [-0.39, 0.29) is 11.8 Å². The molecule has 1 aromatic carbocycles. The van der Waals surface area contributed by atoms with Gasteiger partial charge < -0.3 is 15.5 Å². The lowest BCUT2D eigenvalue weighted by atomic mass is 9.85. The number of hydrogen-bond acceptors (Lipinski definition) is 6. The molecule has 8 nitrogen and oxygen atoms in total. The van der Waals surface area contributed by atoms with Crippen molar-refractivity contribution in [3.05, 3.63) is 41.0 Å². The van der Waals surface area contributed by atoms with E-state index in [2.05, 4.69) is 21.7 Å². The van der Waals surface area contributed by atoms with Crippen LogP contribution in [-0.2, 0) is 20.9 Å². The highest BCUT2D eigenvalue weighted by Gasteiger charge is 2.53. The van der Waals surface area contributed by atoms with Crippen molar-refractivity contribution in [2.75, 3.05) is 6.54 Å². The van der Waals surface area contributed by atoms with Gasteiger partial charge >= 0.3 is 0 Å². The monoisotopic (exact) mass is 507 g/mol. The number of likely N-dealkylation sites (tertiary alicyclic amines) is 1. The molecule has 3 amide bonds. The Hall–Kier alpha value is -3.25. The number of nitrogens with one attached hydrogen (secondary N) is 2. The van der Waals surface area contributed by atoms with Gasteiger partial charge in [-0.25, -0.2) is 4.98 Å². The number of nitriles is 1. The molecule has 190 valence electrons. The molecule has 2 fully saturated rings. The third kappa shape index (κ3) is 5.29. The third-order valence-electron chi connectivity index (χ3n) is 7.05. The summed E-state index contributed by atoms with van der Waals surface area (Å²) in [6.07, 6.45) is 2.33. The molecule has 1 saturated heterocycles. The van der Waals surface area contributed by atoms with Crippen LogP contribution in [0.1, 0.15) is 57.7 Å². The average molecular weight is 508 g/mol. The molecular formula is C27H33N5O3S. The summed E-state index contributed by atoms with van der Waals surface area (Å²) in [7, 11) is 0. The van der Waals surface area contributed by atoms with Crippen LogP contribution in [0.3, 0.4) is 0 Å². The summed E-state index contributed by atoms with van der Waals surface area (Å²) >= 11 is 1.60. The molecule has 2 N–H and O–H groups in total. The third-order valence-corrected chi connectivity index (χ3v) is 8.03. The van der Waals surface area contributed by atoms with Crippen molar-refractivity contribution >= 4 is 29.1 Å². The highest BCUT2D eigenvalue weighted by atomic mass is 32.1. The number of thiazole rings is 1. The van der Waals surface area contributed by atoms with E-state index in [1.165, 1.54) is 0 Å². The minimum absolute atomic E-state index is 0.196. The number of carbonyl (C=O) groups excluding carboxylic acids is 3. The normalized spacial score (nSPS) is 19.3. The maximum absolute atomic E-state index is 13.6. The molecule has 2 aliphatic rings. The van der Waals surface area contributed by atoms with Gasteiger partial charge in [0.2, 0.25) is 17.7 Å². The van der Waals surface area contributed by atoms with Gasteiger partial charge in [-0.05, 0) is 49.1 Å². The van der Waals surface area contributed by atoms with Gasteiger partial charge in [0.05, 0.1) is 22.2 Å². The Morgan fingerprint density at radius 1 is 1.25 bits per heavy atom. The van der Waals surface area contributed by atoms with Crippen molar-refractivity contribution in [1.29, 1.82) is 5.26 Å². The van der Waals surface area contributed by atoms with E-state index in [1.54, 1.807) is 16.2 Å². The first-order chi connectivity index (χ1) is 17.1. The molecule has 36 heavy (non-hydrogen) atoms. The number of benzene rings is 1. The molecule has 4 rings (SSSR count). The van der Waals surface area contributed by atoms with E-state index >= 15 is 0 Å². The molecule has 2 atom stereocenters. The number of rotatable bonds is 7. The lowest BCUT2D eigenvalue weighted by Crippen LogP contribution is -2.58. The van der Waals surface area contributed by atoms with E-state index in [0.29, 0.717) is 32.4 Å². The Balaban J connectivity index is 1.39. The molecule has 1 aliphatic heterocycles. The van der Waals surface area contributed by atoms with Gasteiger partial charge in [-0.2, -0.15) is 5.26 Å². The number of aromatic nitrogens is 1. The number of aryl methyl sites for hydroxylation is 1. The maximum atomic E-state index is 13.6. The molecule has 1 aliphatic carbocycles. The molecule has 0 radical (unpaired) electrons. The van der Waals surface area contributed by atoms with Crippen molar-refractivity contribution in [2.45, 2.75) is 72.0 Å². The fourth-order valence-corrected chi connectivity index (χ4v) is 5.37. The highest BCUT2D eigenvalue weighted by molar-refractivity contribution is 7.13. The van der Waals surface area contributed by atoms with E-state index in [0.717, 1.165) is 28.1 Å². The lowest BCUT2D eigenvalue weighted by molar-refractivity contribution is -0.144. The van der Waals surface area contributed by atoms with Crippen LogP contribution in [0.2, 0.25) is 0 Å². The zero-order valence-electron chi connectivity index (χ0n) is 21.3. The van der Waals surface area contributed by atoms with Gasteiger partial charge in [0.1, 0.15) is 17.5 Å². The molecule has 0 unspecified atom stereocenters. The molecule has 2 heterocycles. The summed E-state index contributed by atoms with van der Waals surface area (Å²) in [6.45, 7) is 8.45. The molecule has 0 bridgehead atoms. The Bertz CT molecular complexity index is 1190. The topological polar surface area (TPSA) is 115 Å². The molecule has 9 heteroatoms. The SMILES string of the molecule is Cc1ncsc1-c1ccc(CNC(=O)[C@@H]2CCCN2C(=O)[C@@H](NC(=O)C2(C#N)CC2)C(C)(C)C)cc1. The van der Waals surface area contributed by atoms with Crippen LogP contribution >= 0.6 is 11.3 Å². The van der Waals surface area contributed by atoms with E-state index < -0.39 is 28.8 Å². The van der Waals surface area contributed by atoms with E-state index in [4.69, 9.17) is 0 Å². The minimum Gasteiger partial charge on any atom is -0.350 e. The van der Waals surface area contributed by atoms with Gasteiger partial charge in [-0.1, -0.05) is 45.0 Å². The first-order valence-electron chi connectivity index (χ1n) is 12.4. The van der Waals surface area contributed by atoms with Crippen LogP contribution in [0.4, 0.5) is 0 Å². The summed E-state index contributed by atoms with van der Waals surface area (Å²) < 4.78 is 0. The Morgan fingerprint density at radius 3 is 2.50 bits per heavy atom.